The molecule has 2 aliphatic carbocycles. The van der Waals surface area contributed by atoms with Crippen molar-refractivity contribution in [3.8, 4) is 0 Å². The van der Waals surface area contributed by atoms with Crippen LogP contribution in [0.15, 0.2) is 12.2 Å². The number of esters is 1. The molecule has 2 aliphatic rings. The van der Waals surface area contributed by atoms with Crippen LogP contribution >= 0.6 is 0 Å². The van der Waals surface area contributed by atoms with E-state index >= 15 is 0 Å². The van der Waals surface area contributed by atoms with E-state index in [1.807, 2.05) is 13.8 Å². The first-order chi connectivity index (χ1) is 12.4. The molecule has 2 rings (SSSR count). The van der Waals surface area contributed by atoms with Crippen LogP contribution in [0.5, 0.6) is 0 Å². The number of hydrogen-bond acceptors (Lipinski definition) is 4. The molecule has 4 nitrogen and oxygen atoms in total. The van der Waals surface area contributed by atoms with E-state index in [9.17, 15) is 23.1 Å². The quantitative estimate of drug-likeness (QED) is 0.491. The van der Waals surface area contributed by atoms with Crippen molar-refractivity contribution < 1.29 is 32.5 Å². The number of halogens is 3. The third kappa shape index (κ3) is 4.34. The standard InChI is InChI=1S/C20H31F3O4/c1-6-19(7-2,26-11-18(5,25)20(21,22)23)15-9-14-8-13(15)10-16(14)27-17(24)12(3)4/h13-16,25H,3,6-11H2,1-2,4-5H3. The van der Waals surface area contributed by atoms with E-state index in [0.29, 0.717) is 24.8 Å². The fourth-order valence-electron chi connectivity index (χ4n) is 4.70. The van der Waals surface area contributed by atoms with Gasteiger partial charge in [0.15, 0.2) is 5.60 Å². The Balaban J connectivity index is 2.07. The zero-order valence-electron chi connectivity index (χ0n) is 16.6. The molecule has 2 bridgehead atoms. The second-order valence-corrected chi connectivity index (χ2v) is 8.39. The van der Waals surface area contributed by atoms with Gasteiger partial charge in [-0.2, -0.15) is 13.2 Å². The first kappa shape index (κ1) is 22.2. The Hall–Kier alpha value is -1.08. The first-order valence-corrected chi connectivity index (χ1v) is 9.66. The maximum absolute atomic E-state index is 13.0. The van der Waals surface area contributed by atoms with Crippen LogP contribution < -0.4 is 0 Å². The van der Waals surface area contributed by atoms with Crippen molar-refractivity contribution in [2.75, 3.05) is 6.61 Å². The lowest BCUT2D eigenvalue weighted by Crippen LogP contribution is -2.52. The van der Waals surface area contributed by atoms with Crippen molar-refractivity contribution in [1.82, 2.24) is 0 Å². The van der Waals surface area contributed by atoms with Gasteiger partial charge in [-0.05, 0) is 63.7 Å². The van der Waals surface area contributed by atoms with E-state index in [1.54, 1.807) is 6.92 Å². The molecule has 0 saturated heterocycles. The van der Waals surface area contributed by atoms with Gasteiger partial charge in [-0.15, -0.1) is 0 Å². The van der Waals surface area contributed by atoms with Crippen LogP contribution in [0.2, 0.25) is 0 Å². The van der Waals surface area contributed by atoms with Gasteiger partial charge in [0.25, 0.3) is 0 Å². The Morgan fingerprint density at radius 3 is 2.15 bits per heavy atom. The van der Waals surface area contributed by atoms with E-state index in [2.05, 4.69) is 6.58 Å². The van der Waals surface area contributed by atoms with Gasteiger partial charge < -0.3 is 14.6 Å². The van der Waals surface area contributed by atoms with Crippen LogP contribution in [-0.4, -0.2) is 41.2 Å². The highest BCUT2D eigenvalue weighted by atomic mass is 19.4. The van der Waals surface area contributed by atoms with E-state index < -0.39 is 24.0 Å². The third-order valence-electron chi connectivity index (χ3n) is 6.52. The maximum Gasteiger partial charge on any atom is 0.419 e. The minimum absolute atomic E-state index is 0.0984. The van der Waals surface area contributed by atoms with Crippen LogP contribution in [0, 0.1) is 17.8 Å². The fraction of sp³-hybridized carbons (Fsp3) is 0.850. The van der Waals surface area contributed by atoms with Gasteiger partial charge in [-0.25, -0.2) is 4.79 Å². The average molecular weight is 392 g/mol. The van der Waals surface area contributed by atoms with Crippen molar-refractivity contribution >= 4 is 5.97 Å². The van der Waals surface area contributed by atoms with Crippen LogP contribution in [0.4, 0.5) is 13.2 Å². The van der Waals surface area contributed by atoms with E-state index in [4.69, 9.17) is 9.47 Å². The summed E-state index contributed by atoms with van der Waals surface area (Å²) in [7, 11) is 0. The zero-order chi connectivity index (χ0) is 20.6. The number of fused-ring (bicyclic) bond motifs is 2. The molecule has 0 heterocycles. The monoisotopic (exact) mass is 392 g/mol. The number of aliphatic hydroxyl groups is 1. The van der Waals surface area contributed by atoms with Crippen LogP contribution in [0.1, 0.15) is 59.8 Å². The lowest BCUT2D eigenvalue weighted by atomic mass is 9.72. The molecule has 2 fully saturated rings. The van der Waals surface area contributed by atoms with Crippen LogP contribution in [0.25, 0.3) is 0 Å². The first-order valence-electron chi connectivity index (χ1n) is 9.66. The molecule has 0 amide bonds. The highest BCUT2D eigenvalue weighted by Gasteiger charge is 2.56. The highest BCUT2D eigenvalue weighted by molar-refractivity contribution is 5.87. The molecular weight excluding hydrogens is 361 g/mol. The average Bonchev–Trinajstić information content (AvgIpc) is 3.15. The van der Waals surface area contributed by atoms with Crippen molar-refractivity contribution in [2.45, 2.75) is 83.3 Å². The molecule has 0 radical (unpaired) electrons. The lowest BCUT2D eigenvalue weighted by molar-refractivity contribution is -0.282. The maximum atomic E-state index is 13.0. The van der Waals surface area contributed by atoms with Crippen LogP contribution in [0.3, 0.4) is 0 Å². The molecule has 0 spiro atoms. The molecule has 0 aromatic carbocycles. The van der Waals surface area contributed by atoms with Crippen molar-refractivity contribution in [3.05, 3.63) is 12.2 Å². The summed E-state index contributed by atoms with van der Waals surface area (Å²) in [4.78, 5) is 11.8. The van der Waals surface area contributed by atoms with E-state index in [-0.39, 0.29) is 29.8 Å². The van der Waals surface area contributed by atoms with Crippen molar-refractivity contribution in [1.29, 1.82) is 0 Å². The molecule has 2 saturated carbocycles. The van der Waals surface area contributed by atoms with Gasteiger partial charge in [0.05, 0.1) is 12.2 Å². The molecule has 27 heavy (non-hydrogen) atoms. The lowest BCUT2D eigenvalue weighted by Gasteiger charge is -2.44. The summed E-state index contributed by atoms with van der Waals surface area (Å²) in [6, 6.07) is 0. The Bertz CT molecular complexity index is 566. The SMILES string of the molecule is C=C(C)C(=O)OC1CC2CC1CC2C(CC)(CC)OCC(C)(O)C(F)(F)F. The molecule has 156 valence electrons. The highest BCUT2D eigenvalue weighted by Crippen LogP contribution is 2.56. The smallest absolute Gasteiger partial charge is 0.419 e. The van der Waals surface area contributed by atoms with Gasteiger partial charge >= 0.3 is 12.1 Å². The normalized spacial score (nSPS) is 30.2. The summed E-state index contributed by atoms with van der Waals surface area (Å²) in [6.45, 7) is 9.00. The molecule has 0 aromatic rings. The van der Waals surface area contributed by atoms with Gasteiger partial charge in [0.1, 0.15) is 6.10 Å². The second kappa shape index (κ2) is 7.74. The van der Waals surface area contributed by atoms with Gasteiger partial charge in [0.2, 0.25) is 0 Å². The molecule has 0 aliphatic heterocycles. The molecule has 0 aromatic heterocycles. The van der Waals surface area contributed by atoms with Crippen molar-refractivity contribution in [2.24, 2.45) is 17.8 Å². The number of rotatable bonds is 8. The van der Waals surface area contributed by atoms with Gasteiger partial charge in [-0.1, -0.05) is 20.4 Å². The minimum atomic E-state index is -4.74. The molecular formula is C20H31F3O4. The predicted octanol–water partition coefficient (Wildman–Crippen LogP) is 4.41. The van der Waals surface area contributed by atoms with Crippen molar-refractivity contribution in [3.63, 3.8) is 0 Å². The number of ether oxygens (including phenoxy) is 2. The summed E-state index contributed by atoms with van der Waals surface area (Å²) >= 11 is 0. The molecule has 5 unspecified atom stereocenters. The Morgan fingerprint density at radius 1 is 1.15 bits per heavy atom. The Kier molecular flexibility index (Phi) is 6.37. The number of carbonyl (C=O) groups excluding carboxylic acids is 1. The number of carbonyl (C=O) groups is 1. The molecule has 7 heteroatoms. The zero-order valence-corrected chi connectivity index (χ0v) is 16.6. The summed E-state index contributed by atoms with van der Waals surface area (Å²) < 4.78 is 50.3. The van der Waals surface area contributed by atoms with Gasteiger partial charge in [-0.3, -0.25) is 0 Å². The largest absolute Gasteiger partial charge is 0.459 e. The minimum Gasteiger partial charge on any atom is -0.459 e. The summed E-state index contributed by atoms with van der Waals surface area (Å²) in [5, 5.41) is 9.76. The third-order valence-corrected chi connectivity index (χ3v) is 6.52. The van der Waals surface area contributed by atoms with E-state index in [0.717, 1.165) is 19.8 Å². The summed E-state index contributed by atoms with van der Waals surface area (Å²) in [5.74, 6) is 0.154. The van der Waals surface area contributed by atoms with E-state index in [1.165, 1.54) is 0 Å². The molecule has 1 N–H and O–H groups in total. The number of hydrogen-bond donors (Lipinski definition) is 1. The molecule has 5 atom stereocenters. The Labute approximate surface area is 159 Å². The fourth-order valence-corrected chi connectivity index (χ4v) is 4.70. The second-order valence-electron chi connectivity index (χ2n) is 8.39. The topological polar surface area (TPSA) is 55.8 Å². The summed E-state index contributed by atoms with van der Waals surface area (Å²) in [5.41, 5.74) is -3.22. The van der Waals surface area contributed by atoms with Gasteiger partial charge in [0, 0.05) is 5.57 Å². The Morgan fingerprint density at radius 2 is 1.74 bits per heavy atom. The van der Waals surface area contributed by atoms with Crippen LogP contribution in [-0.2, 0) is 14.3 Å². The number of alkyl halides is 3. The summed E-state index contributed by atoms with van der Waals surface area (Å²) in [6.07, 6.45) is -1.40. The predicted molar refractivity (Wildman–Crippen MR) is 95.0 cm³/mol.